The first-order valence-electron chi connectivity index (χ1n) is 7.60. The topological polar surface area (TPSA) is 50.3 Å². The lowest BCUT2D eigenvalue weighted by atomic mass is 10.2. The predicted molar refractivity (Wildman–Crippen MR) is 87.4 cm³/mol. The Balaban J connectivity index is 1.74. The van der Waals surface area contributed by atoms with E-state index in [2.05, 4.69) is 22.2 Å². The molecule has 1 aromatic carbocycles. The van der Waals surface area contributed by atoms with Gasteiger partial charge in [0.25, 0.3) is 5.88 Å². The van der Waals surface area contributed by atoms with E-state index in [-0.39, 0.29) is 18.1 Å². The van der Waals surface area contributed by atoms with Crippen LogP contribution in [0.15, 0.2) is 24.4 Å². The molecule has 0 aliphatic carbocycles. The summed E-state index contributed by atoms with van der Waals surface area (Å²) in [5.74, 6) is -0.985. The molecule has 1 N–H and O–H groups in total. The molecular formula is C16H17ClF2N4O. The van der Waals surface area contributed by atoms with Crippen molar-refractivity contribution in [3.8, 4) is 5.88 Å². The summed E-state index contributed by atoms with van der Waals surface area (Å²) in [6, 6.07) is 4.52. The second-order valence-electron chi connectivity index (χ2n) is 5.65. The zero-order chi connectivity index (χ0) is 17.1. The largest absolute Gasteiger partial charge is 0.470 e. The van der Waals surface area contributed by atoms with E-state index in [4.69, 9.17) is 16.3 Å². The molecule has 8 heteroatoms. The third kappa shape index (κ3) is 3.91. The number of halogens is 3. The molecule has 1 aliphatic rings. The number of benzene rings is 1. The van der Waals surface area contributed by atoms with Gasteiger partial charge in [0, 0.05) is 36.3 Å². The van der Waals surface area contributed by atoms with Crippen LogP contribution in [0.2, 0.25) is 5.02 Å². The number of piperazine rings is 1. The van der Waals surface area contributed by atoms with E-state index in [9.17, 15) is 8.78 Å². The van der Waals surface area contributed by atoms with Gasteiger partial charge in [-0.05, 0) is 19.1 Å². The van der Waals surface area contributed by atoms with Crippen molar-refractivity contribution in [1.29, 1.82) is 0 Å². The standard InChI is InChI=1S/C16H17ClF2N4O/c1-10-8-23(5-4-20-10)16-21-7-14(19)15(22-16)24-9-11-2-3-12(17)6-13(11)18/h2-3,6-7,10,20H,4-5,8-9H2,1H3. The molecule has 1 aliphatic heterocycles. The van der Waals surface area contributed by atoms with Gasteiger partial charge < -0.3 is 15.0 Å². The predicted octanol–water partition coefficient (Wildman–Crippen LogP) is 2.79. The van der Waals surface area contributed by atoms with Gasteiger partial charge in [-0.25, -0.2) is 9.37 Å². The maximum Gasteiger partial charge on any atom is 0.255 e. The molecule has 5 nitrogen and oxygen atoms in total. The van der Waals surface area contributed by atoms with Gasteiger partial charge in [-0.1, -0.05) is 17.7 Å². The first-order chi connectivity index (χ1) is 11.5. The second-order valence-corrected chi connectivity index (χ2v) is 6.09. The highest BCUT2D eigenvalue weighted by molar-refractivity contribution is 6.30. The maximum atomic E-state index is 13.9. The van der Waals surface area contributed by atoms with Gasteiger partial charge in [-0.3, -0.25) is 0 Å². The normalized spacial score (nSPS) is 17.8. The molecular weight excluding hydrogens is 338 g/mol. The first-order valence-corrected chi connectivity index (χ1v) is 7.98. The number of aromatic nitrogens is 2. The fourth-order valence-corrected chi connectivity index (χ4v) is 2.65. The lowest BCUT2D eigenvalue weighted by Crippen LogP contribution is -2.49. The van der Waals surface area contributed by atoms with Gasteiger partial charge in [-0.2, -0.15) is 9.37 Å². The molecule has 0 bridgehead atoms. The molecule has 24 heavy (non-hydrogen) atoms. The molecule has 1 fully saturated rings. The molecule has 3 rings (SSSR count). The van der Waals surface area contributed by atoms with E-state index in [1.165, 1.54) is 12.1 Å². The van der Waals surface area contributed by atoms with Crippen molar-refractivity contribution in [2.24, 2.45) is 0 Å². The molecule has 2 aromatic rings. The summed E-state index contributed by atoms with van der Waals surface area (Å²) < 4.78 is 33.0. The minimum atomic E-state index is -0.684. The average molecular weight is 355 g/mol. The summed E-state index contributed by atoms with van der Waals surface area (Å²) in [5.41, 5.74) is 0.273. The molecule has 1 unspecified atom stereocenters. The fraction of sp³-hybridized carbons (Fsp3) is 0.375. The van der Waals surface area contributed by atoms with Gasteiger partial charge in [0.05, 0.1) is 6.20 Å². The van der Waals surface area contributed by atoms with Crippen LogP contribution in [-0.2, 0) is 6.61 Å². The fourth-order valence-electron chi connectivity index (χ4n) is 2.50. The van der Waals surface area contributed by atoms with Crippen LogP contribution in [-0.4, -0.2) is 35.6 Å². The highest BCUT2D eigenvalue weighted by atomic mass is 35.5. The molecule has 0 amide bonds. The van der Waals surface area contributed by atoms with Crippen molar-refractivity contribution in [2.75, 3.05) is 24.5 Å². The summed E-state index contributed by atoms with van der Waals surface area (Å²) in [5, 5.41) is 3.60. The molecule has 0 saturated carbocycles. The van der Waals surface area contributed by atoms with Crippen LogP contribution < -0.4 is 15.0 Å². The average Bonchev–Trinajstić information content (AvgIpc) is 2.55. The minimum absolute atomic E-state index is 0.145. The van der Waals surface area contributed by atoms with Gasteiger partial charge in [0.15, 0.2) is 0 Å². The Morgan fingerprint density at radius 2 is 2.21 bits per heavy atom. The van der Waals surface area contributed by atoms with Crippen molar-refractivity contribution >= 4 is 17.5 Å². The van der Waals surface area contributed by atoms with Gasteiger partial charge in [-0.15, -0.1) is 0 Å². The Kier molecular flexibility index (Phi) is 5.11. The van der Waals surface area contributed by atoms with Crippen LogP contribution >= 0.6 is 11.6 Å². The van der Waals surface area contributed by atoms with Crippen molar-refractivity contribution in [2.45, 2.75) is 19.6 Å². The number of ether oxygens (including phenoxy) is 1. The maximum absolute atomic E-state index is 13.9. The van der Waals surface area contributed by atoms with Crippen LogP contribution in [0.1, 0.15) is 12.5 Å². The number of nitrogens with zero attached hydrogens (tertiary/aromatic N) is 3. The van der Waals surface area contributed by atoms with E-state index < -0.39 is 11.6 Å². The summed E-state index contributed by atoms with van der Waals surface area (Å²) >= 11 is 5.71. The Morgan fingerprint density at radius 1 is 1.38 bits per heavy atom. The smallest absolute Gasteiger partial charge is 0.255 e. The number of hydrogen-bond acceptors (Lipinski definition) is 5. The summed E-state index contributed by atoms with van der Waals surface area (Å²) in [6.45, 7) is 4.15. The van der Waals surface area contributed by atoms with Crippen LogP contribution in [0.4, 0.5) is 14.7 Å². The highest BCUT2D eigenvalue weighted by Crippen LogP contribution is 2.21. The van der Waals surface area contributed by atoms with Crippen LogP contribution in [0.5, 0.6) is 5.88 Å². The van der Waals surface area contributed by atoms with E-state index in [1.807, 2.05) is 4.90 Å². The van der Waals surface area contributed by atoms with Crippen molar-refractivity contribution in [3.63, 3.8) is 0 Å². The zero-order valence-electron chi connectivity index (χ0n) is 13.1. The Hall–Kier alpha value is -1.99. The van der Waals surface area contributed by atoms with Crippen molar-refractivity contribution < 1.29 is 13.5 Å². The number of nitrogens with one attached hydrogen (secondary N) is 1. The Morgan fingerprint density at radius 3 is 2.96 bits per heavy atom. The Bertz CT molecular complexity index is 731. The third-order valence-corrected chi connectivity index (χ3v) is 3.97. The lowest BCUT2D eigenvalue weighted by Gasteiger charge is -2.31. The summed E-state index contributed by atoms with van der Waals surface area (Å²) in [6.07, 6.45) is 1.07. The lowest BCUT2D eigenvalue weighted by molar-refractivity contribution is 0.271. The van der Waals surface area contributed by atoms with Crippen molar-refractivity contribution in [3.05, 3.63) is 46.6 Å². The van der Waals surface area contributed by atoms with Crippen LogP contribution in [0, 0.1) is 11.6 Å². The third-order valence-electron chi connectivity index (χ3n) is 3.73. The molecule has 1 saturated heterocycles. The van der Waals surface area contributed by atoms with Gasteiger partial charge in [0.2, 0.25) is 11.8 Å². The minimum Gasteiger partial charge on any atom is -0.470 e. The number of anilines is 1. The first kappa shape index (κ1) is 16.9. The Labute approximate surface area is 143 Å². The van der Waals surface area contributed by atoms with Crippen LogP contribution in [0.25, 0.3) is 0 Å². The zero-order valence-corrected chi connectivity index (χ0v) is 13.9. The molecule has 1 aromatic heterocycles. The van der Waals surface area contributed by atoms with E-state index in [0.29, 0.717) is 17.0 Å². The summed E-state index contributed by atoms with van der Waals surface area (Å²) in [7, 11) is 0. The number of hydrogen-bond donors (Lipinski definition) is 1. The van der Waals surface area contributed by atoms with E-state index >= 15 is 0 Å². The monoisotopic (exact) mass is 354 g/mol. The second kappa shape index (κ2) is 7.27. The van der Waals surface area contributed by atoms with Crippen molar-refractivity contribution in [1.82, 2.24) is 15.3 Å². The van der Waals surface area contributed by atoms with Gasteiger partial charge in [0.1, 0.15) is 12.4 Å². The number of rotatable bonds is 4. The van der Waals surface area contributed by atoms with Crippen LogP contribution in [0.3, 0.4) is 0 Å². The molecule has 0 radical (unpaired) electrons. The van der Waals surface area contributed by atoms with E-state index in [1.54, 1.807) is 6.07 Å². The summed E-state index contributed by atoms with van der Waals surface area (Å²) in [4.78, 5) is 10.1. The highest BCUT2D eigenvalue weighted by Gasteiger charge is 2.20. The molecule has 2 heterocycles. The SMILES string of the molecule is CC1CN(c2ncc(F)c(OCc3ccc(Cl)cc3F)n2)CCN1. The van der Waals surface area contributed by atoms with E-state index in [0.717, 1.165) is 25.8 Å². The van der Waals surface area contributed by atoms with Gasteiger partial charge >= 0.3 is 0 Å². The molecule has 1 atom stereocenters. The quantitative estimate of drug-likeness (QED) is 0.915. The molecule has 0 spiro atoms. The molecule has 128 valence electrons.